The number of nitrogens with zero attached hydrogens (tertiary/aromatic N) is 3. The Bertz CT molecular complexity index is 1310. The van der Waals surface area contributed by atoms with Crippen LogP contribution in [0.25, 0.3) is 10.8 Å². The Morgan fingerprint density at radius 3 is 2.33 bits per heavy atom. The van der Waals surface area contributed by atoms with E-state index in [2.05, 4.69) is 15.8 Å². The molecule has 0 unspecified atom stereocenters. The van der Waals surface area contributed by atoms with E-state index in [1.54, 1.807) is 24.3 Å². The van der Waals surface area contributed by atoms with E-state index >= 15 is 0 Å². The molecular formula is C24H23N5O4. The summed E-state index contributed by atoms with van der Waals surface area (Å²) in [5.41, 5.74) is 1.95. The SMILES string of the molecule is O=C(NN1C(=O)NC2(CCCCC2)C1=O)c1nn(Cc2ccccc2)c(=O)c2ccccc12. The fraction of sp³-hybridized carbons (Fsp3) is 0.292. The Morgan fingerprint density at radius 1 is 0.939 bits per heavy atom. The molecule has 1 spiro atoms. The first-order valence-corrected chi connectivity index (χ1v) is 11.0. The molecule has 2 aromatic carbocycles. The normalized spacial score (nSPS) is 17.4. The first-order chi connectivity index (χ1) is 16.0. The van der Waals surface area contributed by atoms with Crippen molar-refractivity contribution >= 4 is 28.6 Å². The van der Waals surface area contributed by atoms with Crippen LogP contribution >= 0.6 is 0 Å². The Balaban J connectivity index is 1.49. The number of hydrogen-bond acceptors (Lipinski definition) is 5. The lowest BCUT2D eigenvalue weighted by Crippen LogP contribution is -2.51. The molecule has 168 valence electrons. The molecule has 1 saturated carbocycles. The zero-order chi connectivity index (χ0) is 23.0. The summed E-state index contributed by atoms with van der Waals surface area (Å²) >= 11 is 0. The third-order valence-corrected chi connectivity index (χ3v) is 6.34. The van der Waals surface area contributed by atoms with Gasteiger partial charge in [-0.25, -0.2) is 9.48 Å². The minimum Gasteiger partial charge on any atom is -0.322 e. The maximum absolute atomic E-state index is 13.2. The van der Waals surface area contributed by atoms with Crippen molar-refractivity contribution in [2.45, 2.75) is 44.2 Å². The molecule has 1 aliphatic carbocycles. The lowest BCUT2D eigenvalue weighted by atomic mass is 9.82. The number of fused-ring (bicyclic) bond motifs is 1. The lowest BCUT2D eigenvalue weighted by Gasteiger charge is -2.30. The Labute approximate surface area is 189 Å². The van der Waals surface area contributed by atoms with Crippen molar-refractivity contribution in [2.75, 3.05) is 0 Å². The largest absolute Gasteiger partial charge is 0.344 e. The van der Waals surface area contributed by atoms with Crippen LogP contribution in [0.2, 0.25) is 0 Å². The van der Waals surface area contributed by atoms with Gasteiger partial charge in [-0.1, -0.05) is 67.8 Å². The molecule has 1 saturated heterocycles. The second-order valence-electron chi connectivity index (χ2n) is 8.50. The predicted molar refractivity (Wildman–Crippen MR) is 120 cm³/mol. The molecule has 33 heavy (non-hydrogen) atoms. The fourth-order valence-electron chi connectivity index (χ4n) is 4.64. The van der Waals surface area contributed by atoms with E-state index in [1.807, 2.05) is 30.3 Å². The minimum absolute atomic E-state index is 0.0358. The van der Waals surface area contributed by atoms with Crippen LogP contribution in [0.15, 0.2) is 59.4 Å². The number of rotatable bonds is 4. The van der Waals surface area contributed by atoms with E-state index < -0.39 is 23.4 Å². The molecule has 2 N–H and O–H groups in total. The highest BCUT2D eigenvalue weighted by Gasteiger charge is 2.52. The number of amides is 4. The number of nitrogens with one attached hydrogen (secondary N) is 2. The molecule has 3 aromatic rings. The third kappa shape index (κ3) is 3.65. The van der Waals surface area contributed by atoms with Crippen LogP contribution in [0.1, 0.15) is 48.2 Å². The highest BCUT2D eigenvalue weighted by Crippen LogP contribution is 2.33. The van der Waals surface area contributed by atoms with Crippen LogP contribution in [0.5, 0.6) is 0 Å². The summed E-state index contributed by atoms with van der Waals surface area (Å²) in [6.07, 6.45) is 3.78. The van der Waals surface area contributed by atoms with Crippen molar-refractivity contribution in [3.05, 3.63) is 76.2 Å². The molecule has 4 amide bonds. The van der Waals surface area contributed by atoms with Gasteiger partial charge in [-0.2, -0.15) is 10.1 Å². The van der Waals surface area contributed by atoms with Gasteiger partial charge in [0.25, 0.3) is 17.4 Å². The van der Waals surface area contributed by atoms with Crippen molar-refractivity contribution in [3.63, 3.8) is 0 Å². The first-order valence-electron chi connectivity index (χ1n) is 11.0. The molecule has 9 heteroatoms. The highest BCUT2D eigenvalue weighted by atomic mass is 16.2. The number of aromatic nitrogens is 2. The summed E-state index contributed by atoms with van der Waals surface area (Å²) in [5.74, 6) is -1.19. The topological polar surface area (TPSA) is 113 Å². The number of hydrazine groups is 1. The maximum atomic E-state index is 13.2. The second kappa shape index (κ2) is 8.16. The summed E-state index contributed by atoms with van der Waals surface area (Å²) < 4.78 is 1.22. The molecule has 0 atom stereocenters. The zero-order valence-electron chi connectivity index (χ0n) is 17.9. The van der Waals surface area contributed by atoms with Gasteiger partial charge in [0.05, 0.1) is 11.9 Å². The van der Waals surface area contributed by atoms with Crippen molar-refractivity contribution in [2.24, 2.45) is 0 Å². The fourth-order valence-corrected chi connectivity index (χ4v) is 4.64. The summed E-state index contributed by atoms with van der Waals surface area (Å²) in [5, 5.41) is 8.50. The van der Waals surface area contributed by atoms with E-state index in [-0.39, 0.29) is 17.8 Å². The van der Waals surface area contributed by atoms with Gasteiger partial charge in [-0.3, -0.25) is 19.8 Å². The smallest absolute Gasteiger partial charge is 0.322 e. The van der Waals surface area contributed by atoms with E-state index in [0.29, 0.717) is 23.6 Å². The average molecular weight is 445 g/mol. The molecule has 0 bridgehead atoms. The summed E-state index contributed by atoms with van der Waals surface area (Å²) in [4.78, 5) is 51.8. The van der Waals surface area contributed by atoms with E-state index in [0.717, 1.165) is 29.8 Å². The van der Waals surface area contributed by atoms with Gasteiger partial charge >= 0.3 is 6.03 Å². The van der Waals surface area contributed by atoms with E-state index in [9.17, 15) is 19.2 Å². The van der Waals surface area contributed by atoms with Crippen LogP contribution in [0, 0.1) is 0 Å². The standard InChI is InChI=1S/C24H23N5O4/c30-20(27-29-22(32)24(25-23(29)33)13-7-2-8-14-24)19-17-11-5-6-12-18(17)21(31)28(26-19)15-16-9-3-1-4-10-16/h1,3-6,9-12H,2,7-8,13-15H2,(H,25,33)(H,27,30). The number of carbonyl (C=O) groups is 3. The maximum Gasteiger partial charge on any atom is 0.344 e. The quantitative estimate of drug-likeness (QED) is 0.599. The number of benzene rings is 2. The molecule has 0 radical (unpaired) electrons. The van der Waals surface area contributed by atoms with Gasteiger partial charge in [0.15, 0.2) is 5.69 Å². The van der Waals surface area contributed by atoms with Gasteiger partial charge in [-0.05, 0) is 24.5 Å². The van der Waals surface area contributed by atoms with Crippen molar-refractivity contribution in [1.82, 2.24) is 25.5 Å². The molecule has 2 heterocycles. The Kier molecular flexibility index (Phi) is 5.16. The summed E-state index contributed by atoms with van der Waals surface area (Å²) in [7, 11) is 0. The van der Waals surface area contributed by atoms with Crippen molar-refractivity contribution in [3.8, 4) is 0 Å². The number of carbonyl (C=O) groups excluding carboxylic acids is 3. The number of imide groups is 1. The van der Waals surface area contributed by atoms with E-state index in [4.69, 9.17) is 0 Å². The molecule has 2 fully saturated rings. The van der Waals surface area contributed by atoms with Crippen molar-refractivity contribution in [1.29, 1.82) is 0 Å². The Hall–Kier alpha value is -4.01. The molecule has 1 aromatic heterocycles. The summed E-state index contributed by atoms with van der Waals surface area (Å²) in [6, 6.07) is 15.3. The Morgan fingerprint density at radius 2 is 1.61 bits per heavy atom. The van der Waals surface area contributed by atoms with Crippen LogP contribution in [-0.4, -0.2) is 38.2 Å². The first kappa shape index (κ1) is 20.9. The van der Waals surface area contributed by atoms with Gasteiger partial charge < -0.3 is 5.32 Å². The van der Waals surface area contributed by atoms with E-state index in [1.165, 1.54) is 4.68 Å². The molecule has 1 aliphatic heterocycles. The van der Waals surface area contributed by atoms with Gasteiger partial charge in [0, 0.05) is 5.39 Å². The average Bonchev–Trinajstić information content (AvgIpc) is 3.05. The van der Waals surface area contributed by atoms with Gasteiger partial charge in [-0.15, -0.1) is 0 Å². The lowest BCUT2D eigenvalue weighted by molar-refractivity contribution is -0.134. The monoisotopic (exact) mass is 445 g/mol. The third-order valence-electron chi connectivity index (χ3n) is 6.34. The predicted octanol–water partition coefficient (Wildman–Crippen LogP) is 2.34. The van der Waals surface area contributed by atoms with Crippen LogP contribution < -0.4 is 16.3 Å². The van der Waals surface area contributed by atoms with Crippen LogP contribution in [-0.2, 0) is 11.3 Å². The minimum atomic E-state index is -0.954. The van der Waals surface area contributed by atoms with Gasteiger partial charge in [0.1, 0.15) is 5.54 Å². The van der Waals surface area contributed by atoms with Crippen LogP contribution in [0.4, 0.5) is 4.79 Å². The zero-order valence-corrected chi connectivity index (χ0v) is 17.9. The summed E-state index contributed by atoms with van der Waals surface area (Å²) in [6.45, 7) is 0.178. The number of hydrogen-bond donors (Lipinski definition) is 2. The molecule has 2 aliphatic rings. The number of urea groups is 1. The molecular weight excluding hydrogens is 422 g/mol. The molecule has 9 nitrogen and oxygen atoms in total. The van der Waals surface area contributed by atoms with Gasteiger partial charge in [0.2, 0.25) is 0 Å². The van der Waals surface area contributed by atoms with Crippen molar-refractivity contribution < 1.29 is 14.4 Å². The highest BCUT2D eigenvalue weighted by molar-refractivity contribution is 6.11. The second-order valence-corrected chi connectivity index (χ2v) is 8.50. The molecule has 5 rings (SSSR count). The van der Waals surface area contributed by atoms with Crippen LogP contribution in [0.3, 0.4) is 0 Å².